The summed E-state index contributed by atoms with van der Waals surface area (Å²) in [6.45, 7) is 6.96. The van der Waals surface area contributed by atoms with Crippen LogP contribution in [0.25, 0.3) is 0 Å². The van der Waals surface area contributed by atoms with Crippen molar-refractivity contribution in [2.24, 2.45) is 0 Å². The van der Waals surface area contributed by atoms with Gasteiger partial charge in [-0.05, 0) is 75.1 Å². The summed E-state index contributed by atoms with van der Waals surface area (Å²) in [4.78, 5) is 14.2. The molecule has 1 saturated carbocycles. The van der Waals surface area contributed by atoms with Crippen molar-refractivity contribution in [1.82, 2.24) is 10.6 Å². The molecule has 2 aliphatic heterocycles. The molecule has 6 heteroatoms. The molecule has 5 rings (SSSR count). The van der Waals surface area contributed by atoms with Crippen molar-refractivity contribution in [2.45, 2.75) is 68.6 Å². The number of benzene rings is 1. The van der Waals surface area contributed by atoms with E-state index in [1.165, 1.54) is 28.8 Å². The number of carbonyl (C=O) groups excluding carboxylic acids is 1. The van der Waals surface area contributed by atoms with Gasteiger partial charge in [-0.15, -0.1) is 24.0 Å². The van der Waals surface area contributed by atoms with Gasteiger partial charge >= 0.3 is 0 Å². The average molecular weight is 447 g/mol. The minimum atomic E-state index is -0.0960. The van der Waals surface area contributed by atoms with E-state index in [2.05, 4.69) is 41.5 Å². The lowest BCUT2D eigenvalue weighted by atomic mass is 9.84. The van der Waals surface area contributed by atoms with Crippen LogP contribution in [0.3, 0.4) is 0 Å². The van der Waals surface area contributed by atoms with E-state index in [4.69, 9.17) is 4.74 Å². The van der Waals surface area contributed by atoms with E-state index in [-0.39, 0.29) is 11.2 Å². The molecule has 0 bridgehead atoms. The second-order valence-electron chi connectivity index (χ2n) is 8.02. The van der Waals surface area contributed by atoms with Crippen molar-refractivity contribution in [1.29, 1.82) is 0 Å². The summed E-state index contributed by atoms with van der Waals surface area (Å²) in [5.41, 5.74) is 2.69. The highest BCUT2D eigenvalue weighted by Crippen LogP contribution is 2.56. The zero-order valence-electron chi connectivity index (χ0n) is 18.3. The van der Waals surface area contributed by atoms with Crippen molar-refractivity contribution in [2.75, 3.05) is 20.1 Å². The van der Waals surface area contributed by atoms with E-state index in [0.717, 1.165) is 55.0 Å². The lowest BCUT2D eigenvalue weighted by molar-refractivity contribution is -0.138. The lowest BCUT2D eigenvalue weighted by Gasteiger charge is -2.44. The van der Waals surface area contributed by atoms with E-state index in [1.807, 2.05) is 33.0 Å². The van der Waals surface area contributed by atoms with Crippen LogP contribution in [-0.2, 0) is 23.3 Å². The number of aldehydes is 1. The Balaban J connectivity index is 0.000000183. The summed E-state index contributed by atoms with van der Waals surface area (Å²) in [6, 6.07) is 10.2. The third-order valence-electron chi connectivity index (χ3n) is 5.82. The van der Waals surface area contributed by atoms with Gasteiger partial charge in [-0.3, -0.25) is 4.79 Å². The Morgan fingerprint density at radius 3 is 2.40 bits per heavy atom. The van der Waals surface area contributed by atoms with Crippen LogP contribution in [0.4, 0.5) is 0 Å². The van der Waals surface area contributed by atoms with E-state index in [1.54, 1.807) is 11.3 Å². The second-order valence-corrected chi connectivity index (χ2v) is 9.62. The van der Waals surface area contributed by atoms with E-state index in [9.17, 15) is 4.79 Å². The maximum atomic E-state index is 11.0. The molecule has 2 aromatic rings. The first-order valence-corrected chi connectivity index (χ1v) is 12.3. The quantitative estimate of drug-likeness (QED) is 0.460. The molecule has 2 N–H and O–H groups in total. The smallest absolute Gasteiger partial charge is 0.160 e. The normalized spacial score (nSPS) is 19.7. The first kappa shape index (κ1) is 23.5. The third-order valence-corrected chi connectivity index (χ3v) is 7.40. The highest BCUT2D eigenvalue weighted by atomic mass is 32.1. The predicted molar refractivity (Wildman–Crippen MR) is 128 cm³/mol. The Labute approximate surface area is 190 Å². The van der Waals surface area contributed by atoms with Crippen LogP contribution >= 0.6 is 24.0 Å². The van der Waals surface area contributed by atoms with Crippen LogP contribution in [-0.4, -0.2) is 32.0 Å². The number of carbonyl (C=O) groups is 1. The summed E-state index contributed by atoms with van der Waals surface area (Å²) in [6.07, 6.45) is 6.46. The Hall–Kier alpha value is -1.18. The Morgan fingerprint density at radius 2 is 1.83 bits per heavy atom. The summed E-state index contributed by atoms with van der Waals surface area (Å²) >= 11 is 5.83. The fraction of sp³-hybridized carbons (Fsp3) is 0.542. The number of hydrogen-bond acceptors (Lipinski definition) is 6. The van der Waals surface area contributed by atoms with Gasteiger partial charge in [0.15, 0.2) is 6.29 Å². The molecule has 2 fully saturated rings. The number of ether oxygens (including phenoxy) is 1. The number of hydrogen-bond donors (Lipinski definition) is 3. The van der Waals surface area contributed by atoms with Gasteiger partial charge in [0, 0.05) is 22.7 Å². The number of rotatable bonds is 3. The largest absolute Gasteiger partial charge is 0.363 e. The number of fused-ring (bicyclic) bond motifs is 2. The summed E-state index contributed by atoms with van der Waals surface area (Å²) in [5, 5.41) is 6.49. The van der Waals surface area contributed by atoms with Gasteiger partial charge in [0.25, 0.3) is 0 Å². The van der Waals surface area contributed by atoms with Crippen LogP contribution < -0.4 is 10.6 Å². The van der Waals surface area contributed by atoms with Crippen LogP contribution in [0.1, 0.15) is 65.2 Å². The van der Waals surface area contributed by atoms with Crippen LogP contribution in [0.2, 0.25) is 0 Å². The van der Waals surface area contributed by atoms with E-state index >= 15 is 0 Å². The molecule has 4 nitrogen and oxygen atoms in total. The number of thiophene rings is 1. The fourth-order valence-corrected chi connectivity index (χ4v) is 5.59. The monoisotopic (exact) mass is 446 g/mol. The highest BCUT2D eigenvalue weighted by Gasteiger charge is 2.55. The van der Waals surface area contributed by atoms with Gasteiger partial charge in [-0.1, -0.05) is 26.0 Å². The summed E-state index contributed by atoms with van der Waals surface area (Å²) < 4.78 is 6.55. The summed E-state index contributed by atoms with van der Waals surface area (Å²) in [7, 11) is 1.94. The standard InChI is InChI=1S/C14H17NO2S.C8H11NS.C2H6/c16-9-11-7-10-8-13(1-2-13)17-14(12(10)18-11)3-5-15-6-4-14;1-9-6-7-2-4-8(10)5-3-7;1-2/h7,9,15H,1-6,8H2;2-5,9-10H,6H2,1H3;1-2H3. The number of nitrogens with one attached hydrogen (secondary N) is 2. The SMILES string of the molecule is CC.CNCc1ccc(S)cc1.O=Cc1cc2c(s1)C1(CCNCC1)OC1(CC1)C2. The van der Waals surface area contributed by atoms with Crippen molar-refractivity contribution in [3.8, 4) is 0 Å². The van der Waals surface area contributed by atoms with Crippen LogP contribution in [0, 0.1) is 0 Å². The molecule has 1 aromatic heterocycles. The molecule has 0 amide bonds. The van der Waals surface area contributed by atoms with Crippen LogP contribution in [0.5, 0.6) is 0 Å². The number of thiol groups is 1. The molecule has 3 heterocycles. The molecule has 1 saturated heterocycles. The number of piperidine rings is 1. The average Bonchev–Trinajstić information content (AvgIpc) is 3.36. The topological polar surface area (TPSA) is 50.4 Å². The van der Waals surface area contributed by atoms with E-state index in [0.29, 0.717) is 0 Å². The van der Waals surface area contributed by atoms with Gasteiger partial charge < -0.3 is 15.4 Å². The zero-order chi connectivity index (χ0) is 21.6. The lowest BCUT2D eigenvalue weighted by Crippen LogP contribution is -2.47. The van der Waals surface area contributed by atoms with Gasteiger partial charge in [0.05, 0.1) is 10.5 Å². The second kappa shape index (κ2) is 10.4. The molecular weight excluding hydrogens is 412 g/mol. The maximum absolute atomic E-state index is 11.0. The molecule has 3 aliphatic rings. The molecule has 0 unspecified atom stereocenters. The van der Waals surface area contributed by atoms with E-state index < -0.39 is 0 Å². The van der Waals surface area contributed by atoms with Crippen molar-refractivity contribution in [3.05, 3.63) is 51.2 Å². The minimum absolute atomic E-state index is 0.0960. The molecule has 1 aliphatic carbocycles. The van der Waals surface area contributed by atoms with Gasteiger partial charge in [-0.2, -0.15) is 0 Å². The van der Waals surface area contributed by atoms with Crippen molar-refractivity contribution in [3.63, 3.8) is 0 Å². The van der Waals surface area contributed by atoms with Crippen molar-refractivity contribution >= 4 is 30.3 Å². The Morgan fingerprint density at radius 1 is 1.17 bits per heavy atom. The molecule has 1 aromatic carbocycles. The van der Waals surface area contributed by atoms with Gasteiger partial charge in [-0.25, -0.2) is 0 Å². The molecular formula is C24H34N2O2S2. The molecule has 164 valence electrons. The molecule has 2 spiro atoms. The first-order chi connectivity index (χ1) is 14.6. The zero-order valence-corrected chi connectivity index (χ0v) is 20.0. The minimum Gasteiger partial charge on any atom is -0.363 e. The van der Waals surface area contributed by atoms with Gasteiger partial charge in [0.2, 0.25) is 0 Å². The highest BCUT2D eigenvalue weighted by molar-refractivity contribution is 7.80. The third kappa shape index (κ3) is 5.35. The molecule has 0 atom stereocenters. The fourth-order valence-electron chi connectivity index (χ4n) is 4.27. The van der Waals surface area contributed by atoms with Crippen molar-refractivity contribution < 1.29 is 9.53 Å². The predicted octanol–water partition coefficient (Wildman–Crippen LogP) is 4.97. The van der Waals surface area contributed by atoms with Crippen LogP contribution in [0.15, 0.2) is 35.2 Å². The molecule has 0 radical (unpaired) electrons. The molecule has 30 heavy (non-hydrogen) atoms. The Bertz CT molecular complexity index is 822. The Kier molecular flexibility index (Phi) is 8.16. The first-order valence-electron chi connectivity index (χ1n) is 11.0. The summed E-state index contributed by atoms with van der Waals surface area (Å²) in [5.74, 6) is 0. The maximum Gasteiger partial charge on any atom is 0.160 e. The van der Waals surface area contributed by atoms with Gasteiger partial charge in [0.1, 0.15) is 5.60 Å².